The van der Waals surface area contributed by atoms with E-state index in [4.69, 9.17) is 4.74 Å². The maximum absolute atomic E-state index is 12.1. The Labute approximate surface area is 193 Å². The minimum atomic E-state index is -0.798. The summed E-state index contributed by atoms with van der Waals surface area (Å²) in [5, 5.41) is 14.0. The summed E-state index contributed by atoms with van der Waals surface area (Å²) in [6, 6.07) is 13.3. The number of aliphatic hydroxyl groups is 1. The second-order valence-electron chi connectivity index (χ2n) is 8.63. The molecule has 0 unspecified atom stereocenters. The van der Waals surface area contributed by atoms with Crippen molar-refractivity contribution in [2.24, 2.45) is 14.1 Å². The van der Waals surface area contributed by atoms with Crippen molar-refractivity contribution in [2.75, 3.05) is 26.2 Å². The van der Waals surface area contributed by atoms with Crippen molar-refractivity contribution < 1.29 is 14.6 Å². The van der Waals surface area contributed by atoms with Crippen LogP contribution in [0.3, 0.4) is 0 Å². The number of aryl methyl sites for hydroxylation is 2. The molecule has 1 aromatic heterocycles. The van der Waals surface area contributed by atoms with Gasteiger partial charge in [-0.05, 0) is 54.8 Å². The lowest BCUT2D eigenvalue weighted by Crippen LogP contribution is -2.28. The van der Waals surface area contributed by atoms with Crippen LogP contribution >= 0.6 is 0 Å². The van der Waals surface area contributed by atoms with Crippen molar-refractivity contribution >= 4 is 16.9 Å². The number of hydrogen-bond acceptors (Lipinski definition) is 5. The van der Waals surface area contributed by atoms with Crippen molar-refractivity contribution in [2.45, 2.75) is 31.9 Å². The number of carbonyl (C=O) groups is 1. The van der Waals surface area contributed by atoms with Crippen LogP contribution in [0.15, 0.2) is 47.3 Å². The molecule has 1 saturated heterocycles. The summed E-state index contributed by atoms with van der Waals surface area (Å²) in [7, 11) is 3.46. The molecule has 1 amide bonds. The molecule has 0 radical (unpaired) electrons. The van der Waals surface area contributed by atoms with E-state index in [-0.39, 0.29) is 18.2 Å². The Hall–Kier alpha value is -3.10. The van der Waals surface area contributed by atoms with Gasteiger partial charge in [-0.25, -0.2) is 4.79 Å². The molecule has 1 atom stereocenters. The summed E-state index contributed by atoms with van der Waals surface area (Å²) >= 11 is 0. The van der Waals surface area contributed by atoms with Crippen LogP contribution in [-0.2, 0) is 25.4 Å². The molecule has 8 nitrogen and oxygen atoms in total. The van der Waals surface area contributed by atoms with Gasteiger partial charge in [-0.2, -0.15) is 0 Å². The average Bonchev–Trinajstić information content (AvgIpc) is 3.34. The van der Waals surface area contributed by atoms with E-state index in [1.54, 1.807) is 23.2 Å². The number of likely N-dealkylation sites (tertiary alicyclic amines) is 1. The third kappa shape index (κ3) is 5.29. The van der Waals surface area contributed by atoms with Gasteiger partial charge in [0, 0.05) is 40.2 Å². The number of rotatable bonds is 10. The van der Waals surface area contributed by atoms with Gasteiger partial charge in [-0.1, -0.05) is 18.2 Å². The van der Waals surface area contributed by atoms with Gasteiger partial charge in [0.1, 0.15) is 18.5 Å². The number of aromatic nitrogens is 2. The Balaban J connectivity index is 1.23. The Morgan fingerprint density at radius 1 is 1.06 bits per heavy atom. The fourth-order valence-corrected chi connectivity index (χ4v) is 4.27. The first-order chi connectivity index (χ1) is 15.9. The average molecular weight is 453 g/mol. The monoisotopic (exact) mass is 452 g/mol. The zero-order chi connectivity index (χ0) is 23.4. The fourth-order valence-electron chi connectivity index (χ4n) is 4.27. The van der Waals surface area contributed by atoms with E-state index in [1.165, 1.54) is 0 Å². The predicted octanol–water partition coefficient (Wildman–Crippen LogP) is 2.09. The van der Waals surface area contributed by atoms with E-state index >= 15 is 0 Å². The molecule has 1 fully saturated rings. The second kappa shape index (κ2) is 10.2. The first-order valence-electron chi connectivity index (χ1n) is 11.5. The first kappa shape index (κ1) is 23.1. The molecule has 1 aliphatic rings. The van der Waals surface area contributed by atoms with Gasteiger partial charge >= 0.3 is 5.69 Å². The van der Waals surface area contributed by atoms with E-state index in [0.717, 1.165) is 55.6 Å². The number of nitrogens with zero attached hydrogens (tertiary/aromatic N) is 3. The minimum absolute atomic E-state index is 0.0934. The smallest absolute Gasteiger partial charge is 0.328 e. The summed E-state index contributed by atoms with van der Waals surface area (Å²) in [5.41, 5.74) is 3.37. The lowest BCUT2D eigenvalue weighted by molar-refractivity contribution is -0.127. The highest BCUT2D eigenvalue weighted by molar-refractivity contribution is 5.78. The lowest BCUT2D eigenvalue weighted by Gasteiger charge is -2.15. The number of nitrogens with one attached hydrogen (secondary N) is 1. The minimum Gasteiger partial charge on any atom is -0.491 e. The van der Waals surface area contributed by atoms with E-state index in [2.05, 4.69) is 5.32 Å². The Bertz CT molecular complexity index is 1170. The standard InChI is InChI=1S/C25H32N4O4/c1-27-21-11-8-19(15-22(21)28(2)25(27)32)23(30)17-33-20-9-6-18(7-10-20)16-26-12-4-14-29-13-3-5-24(29)31/h6-11,15,23,26,30H,3-5,12-14,16-17H2,1-2H3/t23-/m0/s1. The van der Waals surface area contributed by atoms with Crippen LogP contribution < -0.4 is 15.7 Å². The van der Waals surface area contributed by atoms with Crippen LogP contribution in [0.25, 0.3) is 11.0 Å². The molecule has 8 heteroatoms. The highest BCUT2D eigenvalue weighted by Crippen LogP contribution is 2.21. The molecule has 3 aromatic rings. The summed E-state index contributed by atoms with van der Waals surface area (Å²) in [6.07, 6.45) is 1.84. The Morgan fingerprint density at radius 2 is 1.82 bits per heavy atom. The van der Waals surface area contributed by atoms with Crippen LogP contribution in [0.4, 0.5) is 0 Å². The van der Waals surface area contributed by atoms with Crippen molar-refractivity contribution in [1.29, 1.82) is 0 Å². The first-order valence-corrected chi connectivity index (χ1v) is 11.5. The zero-order valence-corrected chi connectivity index (χ0v) is 19.3. The number of amides is 1. The molecule has 0 bridgehead atoms. The topological polar surface area (TPSA) is 88.7 Å². The van der Waals surface area contributed by atoms with Crippen molar-refractivity contribution in [3.05, 3.63) is 64.1 Å². The number of ether oxygens (including phenoxy) is 1. The van der Waals surface area contributed by atoms with E-state index in [0.29, 0.717) is 17.7 Å². The van der Waals surface area contributed by atoms with Crippen molar-refractivity contribution in [1.82, 2.24) is 19.4 Å². The molecule has 0 saturated carbocycles. The van der Waals surface area contributed by atoms with Gasteiger partial charge < -0.3 is 20.1 Å². The number of benzene rings is 2. The molecule has 0 aliphatic carbocycles. The van der Waals surface area contributed by atoms with Gasteiger partial charge in [0.25, 0.3) is 0 Å². The van der Waals surface area contributed by atoms with Gasteiger partial charge in [-0.3, -0.25) is 13.9 Å². The molecule has 0 spiro atoms. The second-order valence-corrected chi connectivity index (χ2v) is 8.63. The number of carbonyl (C=O) groups excluding carboxylic acids is 1. The van der Waals surface area contributed by atoms with Crippen LogP contribution in [-0.4, -0.2) is 51.3 Å². The van der Waals surface area contributed by atoms with E-state index in [9.17, 15) is 14.7 Å². The molecule has 2 heterocycles. The number of hydrogen-bond donors (Lipinski definition) is 2. The van der Waals surface area contributed by atoms with Crippen molar-refractivity contribution in [3.8, 4) is 5.75 Å². The number of aliphatic hydroxyl groups excluding tert-OH is 1. The van der Waals surface area contributed by atoms with Gasteiger partial charge in [0.15, 0.2) is 0 Å². The molecule has 176 valence electrons. The summed E-state index contributed by atoms with van der Waals surface area (Å²) in [4.78, 5) is 25.6. The van der Waals surface area contributed by atoms with E-state index in [1.807, 2.05) is 47.4 Å². The fraction of sp³-hybridized carbons (Fsp3) is 0.440. The number of fused-ring (bicyclic) bond motifs is 1. The normalized spacial score (nSPS) is 14.9. The number of imidazole rings is 1. The highest BCUT2D eigenvalue weighted by atomic mass is 16.5. The largest absolute Gasteiger partial charge is 0.491 e. The van der Waals surface area contributed by atoms with E-state index < -0.39 is 6.10 Å². The van der Waals surface area contributed by atoms with Gasteiger partial charge in [-0.15, -0.1) is 0 Å². The van der Waals surface area contributed by atoms with Gasteiger partial charge in [0.05, 0.1) is 11.0 Å². The third-order valence-electron chi connectivity index (χ3n) is 6.29. The Morgan fingerprint density at radius 3 is 2.55 bits per heavy atom. The quantitative estimate of drug-likeness (QED) is 0.460. The lowest BCUT2D eigenvalue weighted by atomic mass is 10.1. The zero-order valence-electron chi connectivity index (χ0n) is 19.3. The summed E-state index contributed by atoms with van der Waals surface area (Å²) in [5.74, 6) is 0.973. The summed E-state index contributed by atoms with van der Waals surface area (Å²) < 4.78 is 8.94. The molecular formula is C25H32N4O4. The van der Waals surface area contributed by atoms with Crippen LogP contribution in [0.1, 0.15) is 36.5 Å². The van der Waals surface area contributed by atoms with Crippen molar-refractivity contribution in [3.63, 3.8) is 0 Å². The molecule has 4 rings (SSSR count). The molecule has 2 N–H and O–H groups in total. The third-order valence-corrected chi connectivity index (χ3v) is 6.29. The maximum atomic E-state index is 12.1. The highest BCUT2D eigenvalue weighted by Gasteiger charge is 2.18. The maximum Gasteiger partial charge on any atom is 0.328 e. The summed E-state index contributed by atoms with van der Waals surface area (Å²) in [6.45, 7) is 3.47. The molecular weight excluding hydrogens is 420 g/mol. The molecule has 33 heavy (non-hydrogen) atoms. The molecule has 1 aliphatic heterocycles. The molecule has 2 aromatic carbocycles. The Kier molecular flexibility index (Phi) is 7.15. The van der Waals surface area contributed by atoms with Gasteiger partial charge in [0.2, 0.25) is 5.91 Å². The SMILES string of the molecule is Cn1c(=O)n(C)c2cc([C@@H](O)COc3ccc(CNCCCN4CCCC4=O)cc3)ccc21. The van der Waals surface area contributed by atoms with Crippen LogP contribution in [0.5, 0.6) is 5.75 Å². The predicted molar refractivity (Wildman–Crippen MR) is 127 cm³/mol. The van der Waals surface area contributed by atoms with Crippen LogP contribution in [0.2, 0.25) is 0 Å². The van der Waals surface area contributed by atoms with Crippen LogP contribution in [0, 0.1) is 0 Å².